The number of rotatable bonds is 7. The normalized spacial score (nSPS) is 15.4. The molecule has 158 valence electrons. The number of fused-ring (bicyclic) bond motifs is 1. The molecular weight excluding hydrogens is 418 g/mol. The second-order valence-corrected chi connectivity index (χ2v) is 9.10. The summed E-state index contributed by atoms with van der Waals surface area (Å²) < 4.78 is 5.48. The third-order valence-corrected chi connectivity index (χ3v) is 7.13. The van der Waals surface area contributed by atoms with Crippen LogP contribution in [0.5, 0.6) is 0 Å². The molecule has 2 aromatic heterocycles. The molecule has 3 rings (SSSR count). The number of nitrogens with one attached hydrogen (secondary N) is 1. The van der Waals surface area contributed by atoms with Gasteiger partial charge in [0.2, 0.25) is 5.91 Å². The van der Waals surface area contributed by atoms with Gasteiger partial charge in [-0.05, 0) is 62.1 Å². The molecule has 0 saturated heterocycles. The molecule has 0 spiro atoms. The van der Waals surface area contributed by atoms with Crippen LogP contribution in [0.4, 0.5) is 9.80 Å². The van der Waals surface area contributed by atoms with Crippen molar-refractivity contribution in [2.24, 2.45) is 5.92 Å². The summed E-state index contributed by atoms with van der Waals surface area (Å²) >= 11 is 3.01. The molecule has 6 nitrogen and oxygen atoms in total. The molecule has 1 N–H and O–H groups in total. The van der Waals surface area contributed by atoms with Gasteiger partial charge in [-0.2, -0.15) is 5.26 Å². The first-order valence-electron chi connectivity index (χ1n) is 10.0. The number of nitriles is 1. The molecule has 8 heteroatoms. The number of carbonyl (C=O) groups excluding carboxylic acids is 2. The Hall–Kier alpha value is -2.63. The zero-order valence-corrected chi connectivity index (χ0v) is 18.8. The maximum atomic E-state index is 12.3. The number of anilines is 1. The summed E-state index contributed by atoms with van der Waals surface area (Å²) in [5, 5.41) is 15.0. The minimum absolute atomic E-state index is 0.226. The topological polar surface area (TPSA) is 82.4 Å². The SMILES string of the molecule is CCN(CC)C(=O)OCC1CCc2c(sc(NC(=O)C=Cc3cccs3)c2C#N)C1. The second kappa shape index (κ2) is 10.4. The van der Waals surface area contributed by atoms with E-state index in [0.717, 1.165) is 34.6 Å². The van der Waals surface area contributed by atoms with Gasteiger partial charge in [-0.1, -0.05) is 6.07 Å². The highest BCUT2D eigenvalue weighted by atomic mass is 32.1. The third kappa shape index (κ3) is 5.29. The summed E-state index contributed by atoms with van der Waals surface area (Å²) in [4.78, 5) is 28.1. The van der Waals surface area contributed by atoms with E-state index in [2.05, 4.69) is 11.4 Å². The van der Waals surface area contributed by atoms with Crippen molar-refractivity contribution in [2.75, 3.05) is 25.0 Å². The van der Waals surface area contributed by atoms with Crippen LogP contribution in [0, 0.1) is 17.2 Å². The van der Waals surface area contributed by atoms with Gasteiger partial charge in [0.1, 0.15) is 11.1 Å². The Morgan fingerprint density at radius 3 is 2.87 bits per heavy atom. The Kier molecular flexibility index (Phi) is 7.66. The van der Waals surface area contributed by atoms with E-state index in [-0.39, 0.29) is 17.9 Å². The van der Waals surface area contributed by atoms with Gasteiger partial charge in [0.25, 0.3) is 0 Å². The van der Waals surface area contributed by atoms with Gasteiger partial charge < -0.3 is 15.0 Å². The van der Waals surface area contributed by atoms with Crippen molar-refractivity contribution in [2.45, 2.75) is 33.1 Å². The predicted molar refractivity (Wildman–Crippen MR) is 121 cm³/mol. The summed E-state index contributed by atoms with van der Waals surface area (Å²) in [5.74, 6) is -0.0207. The van der Waals surface area contributed by atoms with Gasteiger partial charge in [0.05, 0.1) is 12.2 Å². The molecule has 2 heterocycles. The number of nitrogens with zero attached hydrogens (tertiary/aromatic N) is 2. The van der Waals surface area contributed by atoms with Crippen LogP contribution in [0.3, 0.4) is 0 Å². The van der Waals surface area contributed by atoms with Gasteiger partial charge in [-0.15, -0.1) is 22.7 Å². The van der Waals surface area contributed by atoms with Gasteiger partial charge >= 0.3 is 6.09 Å². The zero-order chi connectivity index (χ0) is 21.5. The largest absolute Gasteiger partial charge is 0.449 e. The average molecular weight is 444 g/mol. The highest BCUT2D eigenvalue weighted by Gasteiger charge is 2.27. The van der Waals surface area contributed by atoms with Crippen LogP contribution < -0.4 is 5.32 Å². The van der Waals surface area contributed by atoms with E-state index in [1.165, 1.54) is 17.4 Å². The highest BCUT2D eigenvalue weighted by Crippen LogP contribution is 2.39. The molecule has 1 atom stereocenters. The molecule has 0 saturated carbocycles. The van der Waals surface area contributed by atoms with E-state index in [0.29, 0.717) is 30.3 Å². The van der Waals surface area contributed by atoms with E-state index in [4.69, 9.17) is 4.74 Å². The fourth-order valence-electron chi connectivity index (χ4n) is 3.46. The smallest absolute Gasteiger partial charge is 0.409 e. The lowest BCUT2D eigenvalue weighted by Gasteiger charge is -2.24. The first kappa shape index (κ1) is 22.1. The number of ether oxygens (including phenoxy) is 1. The van der Waals surface area contributed by atoms with Gasteiger partial charge in [-0.3, -0.25) is 4.79 Å². The Morgan fingerprint density at radius 2 is 2.20 bits per heavy atom. The van der Waals surface area contributed by atoms with E-state index in [1.54, 1.807) is 22.3 Å². The quantitative estimate of drug-likeness (QED) is 0.616. The average Bonchev–Trinajstić information content (AvgIpc) is 3.38. The van der Waals surface area contributed by atoms with Crippen molar-refractivity contribution in [3.63, 3.8) is 0 Å². The van der Waals surface area contributed by atoms with Crippen LogP contribution in [-0.4, -0.2) is 36.6 Å². The number of thiophene rings is 2. The van der Waals surface area contributed by atoms with E-state index in [9.17, 15) is 14.9 Å². The van der Waals surface area contributed by atoms with E-state index >= 15 is 0 Å². The summed E-state index contributed by atoms with van der Waals surface area (Å²) in [6.07, 6.45) is 5.33. The first-order valence-corrected chi connectivity index (χ1v) is 11.7. The maximum Gasteiger partial charge on any atom is 0.409 e. The number of amides is 2. The summed E-state index contributed by atoms with van der Waals surface area (Å²) in [6, 6.07) is 6.12. The molecule has 0 aromatic carbocycles. The van der Waals surface area contributed by atoms with Crippen molar-refractivity contribution in [3.8, 4) is 6.07 Å². The van der Waals surface area contributed by atoms with Crippen LogP contribution in [0.1, 0.15) is 41.1 Å². The van der Waals surface area contributed by atoms with Gasteiger partial charge in [-0.25, -0.2) is 4.79 Å². The van der Waals surface area contributed by atoms with Crippen LogP contribution in [-0.2, 0) is 22.4 Å². The first-order chi connectivity index (χ1) is 14.5. The number of carbonyl (C=O) groups is 2. The van der Waals surface area contributed by atoms with Crippen molar-refractivity contribution in [1.82, 2.24) is 4.90 Å². The lowest BCUT2D eigenvalue weighted by atomic mass is 9.88. The standard InChI is InChI=1S/C22H25N3O3S2/c1-3-25(4-2)22(27)28-14-15-7-9-17-18(13-23)21(30-19(17)12-15)24-20(26)10-8-16-6-5-11-29-16/h5-6,8,10-11,15H,3-4,7,9,12,14H2,1-2H3,(H,24,26). The van der Waals surface area contributed by atoms with Gasteiger partial charge in [0.15, 0.2) is 0 Å². The summed E-state index contributed by atoms with van der Waals surface area (Å²) in [5.41, 5.74) is 1.58. The Labute approximate surface area is 184 Å². The molecule has 2 amide bonds. The molecule has 1 aliphatic carbocycles. The fourth-order valence-corrected chi connectivity index (χ4v) is 5.40. The predicted octanol–water partition coefficient (Wildman–Crippen LogP) is 4.92. The number of hydrogen-bond donors (Lipinski definition) is 1. The third-order valence-electron chi connectivity index (χ3n) is 5.12. The zero-order valence-electron chi connectivity index (χ0n) is 17.1. The maximum absolute atomic E-state index is 12.3. The molecule has 0 bridgehead atoms. The van der Waals surface area contributed by atoms with E-state index in [1.807, 2.05) is 31.4 Å². The van der Waals surface area contributed by atoms with Crippen molar-refractivity contribution in [3.05, 3.63) is 44.5 Å². The van der Waals surface area contributed by atoms with Crippen molar-refractivity contribution < 1.29 is 14.3 Å². The molecule has 1 aliphatic rings. The minimum atomic E-state index is -0.278. The molecule has 0 radical (unpaired) electrons. The lowest BCUT2D eigenvalue weighted by Crippen LogP contribution is -2.33. The Bertz CT molecular complexity index is 953. The fraction of sp³-hybridized carbons (Fsp3) is 0.409. The Balaban J connectivity index is 1.63. The summed E-state index contributed by atoms with van der Waals surface area (Å²) in [7, 11) is 0. The molecular formula is C22H25N3O3S2. The second-order valence-electron chi connectivity index (χ2n) is 7.02. The molecule has 0 aliphatic heterocycles. The van der Waals surface area contributed by atoms with Gasteiger partial charge in [0, 0.05) is 28.9 Å². The molecule has 1 unspecified atom stereocenters. The van der Waals surface area contributed by atoms with Crippen molar-refractivity contribution in [1.29, 1.82) is 5.26 Å². The van der Waals surface area contributed by atoms with Crippen LogP contribution >= 0.6 is 22.7 Å². The molecule has 2 aromatic rings. The molecule has 0 fully saturated rings. The minimum Gasteiger partial charge on any atom is -0.449 e. The van der Waals surface area contributed by atoms with Crippen LogP contribution in [0.25, 0.3) is 6.08 Å². The monoisotopic (exact) mass is 443 g/mol. The van der Waals surface area contributed by atoms with Crippen LogP contribution in [0.2, 0.25) is 0 Å². The van der Waals surface area contributed by atoms with E-state index < -0.39 is 0 Å². The van der Waals surface area contributed by atoms with Crippen LogP contribution in [0.15, 0.2) is 23.6 Å². The molecule has 30 heavy (non-hydrogen) atoms. The lowest BCUT2D eigenvalue weighted by molar-refractivity contribution is -0.111. The summed E-state index contributed by atoms with van der Waals surface area (Å²) in [6.45, 7) is 5.49. The number of hydrogen-bond acceptors (Lipinski definition) is 6. The Morgan fingerprint density at radius 1 is 1.40 bits per heavy atom. The highest BCUT2D eigenvalue weighted by molar-refractivity contribution is 7.16. The van der Waals surface area contributed by atoms with Crippen molar-refractivity contribution >= 4 is 45.8 Å².